The van der Waals surface area contributed by atoms with Crippen LogP contribution in [0.15, 0.2) is 30.9 Å². The van der Waals surface area contributed by atoms with Crippen molar-refractivity contribution in [2.45, 2.75) is 38.1 Å². The van der Waals surface area contributed by atoms with Gasteiger partial charge in [-0.2, -0.15) is 0 Å². The van der Waals surface area contributed by atoms with Gasteiger partial charge in [0.05, 0.1) is 5.02 Å². The highest BCUT2D eigenvalue weighted by molar-refractivity contribution is 6.30. The second-order valence-corrected chi connectivity index (χ2v) is 4.58. The lowest BCUT2D eigenvalue weighted by Crippen LogP contribution is -2.12. The number of halogens is 2. The zero-order valence-corrected chi connectivity index (χ0v) is 10.7. The molecule has 0 spiro atoms. The number of nitrogens with two attached hydrogens (primary N) is 1. The van der Waals surface area contributed by atoms with Crippen molar-refractivity contribution in [1.82, 2.24) is 0 Å². The van der Waals surface area contributed by atoms with E-state index in [9.17, 15) is 4.39 Å². The van der Waals surface area contributed by atoms with Crippen molar-refractivity contribution >= 4 is 11.6 Å². The minimum atomic E-state index is -0.382. The van der Waals surface area contributed by atoms with Crippen molar-refractivity contribution < 1.29 is 4.39 Å². The molecular formula is C14H19ClFN. The quantitative estimate of drug-likeness (QED) is 0.559. The van der Waals surface area contributed by atoms with Crippen LogP contribution in [-0.4, -0.2) is 0 Å². The Hall–Kier alpha value is -0.860. The molecule has 0 aliphatic heterocycles. The SMILES string of the molecule is C=CCCCCCC(N)c1cccc(Cl)c1F. The molecule has 94 valence electrons. The summed E-state index contributed by atoms with van der Waals surface area (Å²) < 4.78 is 13.7. The Labute approximate surface area is 107 Å². The van der Waals surface area contributed by atoms with Crippen molar-refractivity contribution in [3.63, 3.8) is 0 Å². The first-order valence-corrected chi connectivity index (χ1v) is 6.35. The fraction of sp³-hybridized carbons (Fsp3) is 0.429. The topological polar surface area (TPSA) is 26.0 Å². The van der Waals surface area contributed by atoms with E-state index in [0.29, 0.717) is 5.56 Å². The monoisotopic (exact) mass is 255 g/mol. The van der Waals surface area contributed by atoms with Crippen molar-refractivity contribution in [3.8, 4) is 0 Å². The van der Waals surface area contributed by atoms with Crippen LogP contribution in [0.2, 0.25) is 5.02 Å². The van der Waals surface area contributed by atoms with Crippen LogP contribution in [0.4, 0.5) is 4.39 Å². The molecule has 1 aromatic rings. The molecule has 0 radical (unpaired) electrons. The van der Waals surface area contributed by atoms with Crippen molar-refractivity contribution in [1.29, 1.82) is 0 Å². The molecule has 1 rings (SSSR count). The second-order valence-electron chi connectivity index (χ2n) is 4.18. The van der Waals surface area contributed by atoms with E-state index in [2.05, 4.69) is 6.58 Å². The predicted molar refractivity (Wildman–Crippen MR) is 71.6 cm³/mol. The molecule has 0 aliphatic rings. The molecule has 0 aromatic heterocycles. The van der Waals surface area contributed by atoms with E-state index < -0.39 is 0 Å². The van der Waals surface area contributed by atoms with Gasteiger partial charge >= 0.3 is 0 Å². The maximum absolute atomic E-state index is 13.7. The fourth-order valence-electron chi connectivity index (χ4n) is 1.79. The normalized spacial score (nSPS) is 12.4. The lowest BCUT2D eigenvalue weighted by Gasteiger charge is -2.13. The Kier molecular flexibility index (Phi) is 6.23. The van der Waals surface area contributed by atoms with Crippen LogP contribution in [-0.2, 0) is 0 Å². The first-order valence-electron chi connectivity index (χ1n) is 5.97. The van der Waals surface area contributed by atoms with Crippen LogP contribution >= 0.6 is 11.6 Å². The van der Waals surface area contributed by atoms with E-state index in [4.69, 9.17) is 17.3 Å². The van der Waals surface area contributed by atoms with Crippen LogP contribution in [0.3, 0.4) is 0 Å². The number of benzene rings is 1. The van der Waals surface area contributed by atoms with Gasteiger partial charge in [0.25, 0.3) is 0 Å². The third-order valence-electron chi connectivity index (χ3n) is 2.80. The zero-order valence-electron chi connectivity index (χ0n) is 9.96. The predicted octanol–water partition coefficient (Wildman–Crippen LogP) is 4.62. The summed E-state index contributed by atoms with van der Waals surface area (Å²) in [5.41, 5.74) is 6.48. The third-order valence-corrected chi connectivity index (χ3v) is 3.10. The third kappa shape index (κ3) is 4.49. The molecule has 17 heavy (non-hydrogen) atoms. The Morgan fingerprint density at radius 1 is 1.35 bits per heavy atom. The Morgan fingerprint density at radius 3 is 2.82 bits per heavy atom. The van der Waals surface area contributed by atoms with Gasteiger partial charge in [-0.15, -0.1) is 6.58 Å². The van der Waals surface area contributed by atoms with Gasteiger partial charge in [0.15, 0.2) is 0 Å². The highest BCUT2D eigenvalue weighted by atomic mass is 35.5. The average Bonchev–Trinajstić information content (AvgIpc) is 2.32. The molecule has 2 N–H and O–H groups in total. The van der Waals surface area contributed by atoms with E-state index >= 15 is 0 Å². The van der Waals surface area contributed by atoms with Gasteiger partial charge in [0.2, 0.25) is 0 Å². The van der Waals surface area contributed by atoms with Crippen LogP contribution < -0.4 is 5.73 Å². The van der Waals surface area contributed by atoms with E-state index in [1.54, 1.807) is 12.1 Å². The first-order chi connectivity index (χ1) is 8.16. The molecule has 1 atom stereocenters. The maximum Gasteiger partial charge on any atom is 0.146 e. The molecule has 1 nitrogen and oxygen atoms in total. The van der Waals surface area contributed by atoms with Crippen LogP contribution in [0.5, 0.6) is 0 Å². The van der Waals surface area contributed by atoms with E-state index in [0.717, 1.165) is 32.1 Å². The number of unbranched alkanes of at least 4 members (excludes halogenated alkanes) is 3. The summed E-state index contributed by atoms with van der Waals surface area (Å²) in [5.74, 6) is -0.382. The molecule has 0 saturated heterocycles. The minimum Gasteiger partial charge on any atom is -0.324 e. The standard InChI is InChI=1S/C14H19ClFN/c1-2-3-4-5-6-10-13(17)11-8-7-9-12(15)14(11)16/h2,7-9,13H,1,3-6,10,17H2. The Morgan fingerprint density at radius 2 is 2.12 bits per heavy atom. The molecule has 0 bridgehead atoms. The zero-order chi connectivity index (χ0) is 12.7. The molecule has 0 amide bonds. The number of allylic oxidation sites excluding steroid dienone is 1. The summed E-state index contributed by atoms with van der Waals surface area (Å²) in [6, 6.07) is 4.71. The van der Waals surface area contributed by atoms with Gasteiger partial charge in [-0.1, -0.05) is 42.7 Å². The Balaban J connectivity index is 2.44. The molecular weight excluding hydrogens is 237 g/mol. The van der Waals surface area contributed by atoms with Crippen LogP contribution in [0.1, 0.15) is 43.7 Å². The largest absolute Gasteiger partial charge is 0.324 e. The summed E-state index contributed by atoms with van der Waals surface area (Å²) in [4.78, 5) is 0. The molecule has 3 heteroatoms. The first kappa shape index (κ1) is 14.2. The highest BCUT2D eigenvalue weighted by Gasteiger charge is 2.12. The van der Waals surface area contributed by atoms with Gasteiger partial charge in [0, 0.05) is 11.6 Å². The van der Waals surface area contributed by atoms with E-state index in [-0.39, 0.29) is 16.9 Å². The lowest BCUT2D eigenvalue weighted by molar-refractivity contribution is 0.535. The molecule has 1 unspecified atom stereocenters. The van der Waals surface area contributed by atoms with Gasteiger partial charge < -0.3 is 5.73 Å². The van der Waals surface area contributed by atoms with Gasteiger partial charge in [-0.3, -0.25) is 0 Å². The summed E-state index contributed by atoms with van der Waals surface area (Å²) in [6.07, 6.45) is 6.95. The highest BCUT2D eigenvalue weighted by Crippen LogP contribution is 2.25. The lowest BCUT2D eigenvalue weighted by atomic mass is 10.0. The Bertz CT molecular complexity index is 365. The van der Waals surface area contributed by atoms with Gasteiger partial charge in [-0.25, -0.2) is 4.39 Å². The van der Waals surface area contributed by atoms with Gasteiger partial charge in [-0.05, 0) is 25.3 Å². The molecule has 0 aliphatic carbocycles. The van der Waals surface area contributed by atoms with E-state index in [1.165, 1.54) is 6.07 Å². The van der Waals surface area contributed by atoms with Crippen LogP contribution in [0, 0.1) is 5.82 Å². The number of rotatable bonds is 7. The van der Waals surface area contributed by atoms with Crippen molar-refractivity contribution in [2.24, 2.45) is 5.73 Å². The van der Waals surface area contributed by atoms with Crippen molar-refractivity contribution in [3.05, 3.63) is 47.3 Å². The summed E-state index contributed by atoms with van der Waals surface area (Å²) in [5, 5.41) is 0.143. The number of hydrogen-bond donors (Lipinski definition) is 1. The molecule has 0 fully saturated rings. The van der Waals surface area contributed by atoms with Crippen LogP contribution in [0.25, 0.3) is 0 Å². The maximum atomic E-state index is 13.7. The smallest absolute Gasteiger partial charge is 0.146 e. The molecule has 0 saturated carbocycles. The fourth-order valence-corrected chi connectivity index (χ4v) is 1.97. The average molecular weight is 256 g/mol. The van der Waals surface area contributed by atoms with E-state index in [1.807, 2.05) is 6.08 Å². The van der Waals surface area contributed by atoms with Gasteiger partial charge in [0.1, 0.15) is 5.82 Å². The summed E-state index contributed by atoms with van der Waals surface area (Å²) >= 11 is 5.72. The summed E-state index contributed by atoms with van der Waals surface area (Å²) in [7, 11) is 0. The number of hydrogen-bond acceptors (Lipinski definition) is 1. The molecule has 1 aromatic carbocycles. The van der Waals surface area contributed by atoms with Crippen molar-refractivity contribution in [2.75, 3.05) is 0 Å². The molecule has 0 heterocycles. The second kappa shape index (κ2) is 7.46. The summed E-state index contributed by atoms with van der Waals surface area (Å²) in [6.45, 7) is 3.67. The minimum absolute atomic E-state index is 0.143.